The normalized spacial score (nSPS) is 10.6. The number of hydrogen-bond acceptors (Lipinski definition) is 9. The molecule has 5 aromatic rings. The third-order valence-corrected chi connectivity index (χ3v) is 5.94. The van der Waals surface area contributed by atoms with Crippen LogP contribution in [0.15, 0.2) is 66.3 Å². The maximum atomic E-state index is 12.5. The lowest BCUT2D eigenvalue weighted by Gasteiger charge is -2.13. The minimum Gasteiger partial charge on any atom is -0.493 e. The van der Waals surface area contributed by atoms with Crippen LogP contribution in [0.1, 0.15) is 21.6 Å². The lowest BCUT2D eigenvalue weighted by Crippen LogP contribution is -2.12. The molecule has 178 valence electrons. The van der Waals surface area contributed by atoms with Crippen LogP contribution in [0.25, 0.3) is 5.52 Å². The first kappa shape index (κ1) is 22.8. The third-order valence-electron chi connectivity index (χ3n) is 5.44. The van der Waals surface area contributed by atoms with Crippen LogP contribution in [0.5, 0.6) is 17.2 Å². The number of aryl methyl sites for hydroxylation is 1. The zero-order valence-corrected chi connectivity index (χ0v) is 20.0. The lowest BCUT2D eigenvalue weighted by atomic mass is 10.1. The summed E-state index contributed by atoms with van der Waals surface area (Å²) in [6.45, 7) is 1.85. The van der Waals surface area contributed by atoms with Crippen LogP contribution >= 0.6 is 11.5 Å². The highest BCUT2D eigenvalue weighted by Gasteiger charge is 2.18. The highest BCUT2D eigenvalue weighted by Crippen LogP contribution is 2.34. The maximum absolute atomic E-state index is 12.5. The van der Waals surface area contributed by atoms with Gasteiger partial charge in [0.15, 0.2) is 17.2 Å². The van der Waals surface area contributed by atoms with Crippen LogP contribution in [-0.4, -0.2) is 32.2 Å². The first-order valence-corrected chi connectivity index (χ1v) is 11.6. The van der Waals surface area contributed by atoms with E-state index in [1.54, 1.807) is 23.2 Å². The van der Waals surface area contributed by atoms with E-state index in [4.69, 9.17) is 9.47 Å². The van der Waals surface area contributed by atoms with Gasteiger partial charge in [-0.15, -0.1) is 5.10 Å². The number of nitrogens with one attached hydrogen (secondary N) is 2. The van der Waals surface area contributed by atoms with E-state index in [2.05, 4.69) is 31.4 Å². The molecule has 0 atom stereocenters. The van der Waals surface area contributed by atoms with Gasteiger partial charge in [-0.3, -0.25) is 4.79 Å². The molecule has 10 nitrogen and oxygen atoms in total. The van der Waals surface area contributed by atoms with Gasteiger partial charge in [0, 0.05) is 16.6 Å². The van der Waals surface area contributed by atoms with Crippen molar-refractivity contribution >= 4 is 40.0 Å². The van der Waals surface area contributed by atoms with E-state index < -0.39 is 0 Å². The summed E-state index contributed by atoms with van der Waals surface area (Å²) in [5.74, 6) is 1.50. The predicted octanol–water partition coefficient (Wildman–Crippen LogP) is 5.16. The summed E-state index contributed by atoms with van der Waals surface area (Å²) in [5, 5.41) is 25.6. The molecule has 2 N–H and O–H groups in total. The molecule has 3 heterocycles. The maximum Gasteiger partial charge on any atom is 0.277 e. The Labute approximate surface area is 209 Å². The van der Waals surface area contributed by atoms with Crippen molar-refractivity contribution in [2.75, 3.05) is 17.7 Å². The second-order valence-corrected chi connectivity index (χ2v) is 8.26. The molecule has 0 spiro atoms. The Morgan fingerprint density at radius 2 is 1.92 bits per heavy atom. The highest BCUT2D eigenvalue weighted by atomic mass is 32.1. The van der Waals surface area contributed by atoms with Crippen molar-refractivity contribution < 1.29 is 14.3 Å². The molecule has 2 aromatic carbocycles. The van der Waals surface area contributed by atoms with Crippen molar-refractivity contribution in [1.82, 2.24) is 19.2 Å². The Kier molecular flexibility index (Phi) is 6.17. The molecule has 0 aliphatic carbocycles. The van der Waals surface area contributed by atoms with Crippen LogP contribution in [0, 0.1) is 18.3 Å². The smallest absolute Gasteiger partial charge is 0.277 e. The summed E-state index contributed by atoms with van der Waals surface area (Å²) >= 11 is 1.10. The van der Waals surface area contributed by atoms with E-state index in [0.717, 1.165) is 22.8 Å². The van der Waals surface area contributed by atoms with E-state index >= 15 is 0 Å². The van der Waals surface area contributed by atoms with Gasteiger partial charge in [-0.25, -0.2) is 4.52 Å². The van der Waals surface area contributed by atoms with E-state index in [-0.39, 0.29) is 11.6 Å². The molecule has 1 amide bonds. The van der Waals surface area contributed by atoms with Gasteiger partial charge in [-0.05, 0) is 54.9 Å². The Morgan fingerprint density at radius 1 is 1.14 bits per heavy atom. The molecule has 0 fully saturated rings. The summed E-state index contributed by atoms with van der Waals surface area (Å²) < 4.78 is 16.6. The summed E-state index contributed by atoms with van der Waals surface area (Å²) in [5.41, 5.74) is 3.86. The molecule has 36 heavy (non-hydrogen) atoms. The zero-order chi connectivity index (χ0) is 25.1. The van der Waals surface area contributed by atoms with Crippen molar-refractivity contribution in [3.05, 3.63) is 83.1 Å². The third kappa shape index (κ3) is 4.40. The van der Waals surface area contributed by atoms with Gasteiger partial charge in [-0.1, -0.05) is 16.6 Å². The fourth-order valence-electron chi connectivity index (χ4n) is 3.66. The van der Waals surface area contributed by atoms with Crippen LogP contribution in [0.3, 0.4) is 0 Å². The molecular weight excluding hydrogens is 478 g/mol. The van der Waals surface area contributed by atoms with Gasteiger partial charge in [0.05, 0.1) is 42.0 Å². The van der Waals surface area contributed by atoms with Crippen molar-refractivity contribution in [2.45, 2.75) is 6.92 Å². The fourth-order valence-corrected chi connectivity index (χ4v) is 4.09. The molecule has 0 radical (unpaired) electrons. The van der Waals surface area contributed by atoms with Gasteiger partial charge < -0.3 is 20.1 Å². The zero-order valence-electron chi connectivity index (χ0n) is 19.2. The van der Waals surface area contributed by atoms with Crippen molar-refractivity contribution in [2.24, 2.45) is 0 Å². The number of rotatable bonds is 7. The Morgan fingerprint density at radius 3 is 2.61 bits per heavy atom. The van der Waals surface area contributed by atoms with Gasteiger partial charge in [0.2, 0.25) is 0 Å². The summed E-state index contributed by atoms with van der Waals surface area (Å²) in [6.07, 6.45) is 3.17. The Balaban J connectivity index is 1.43. The number of ether oxygens (including phenoxy) is 2. The highest BCUT2D eigenvalue weighted by molar-refractivity contribution is 7.03. The first-order valence-electron chi connectivity index (χ1n) is 10.7. The van der Waals surface area contributed by atoms with Gasteiger partial charge in [-0.2, -0.15) is 10.4 Å². The second kappa shape index (κ2) is 9.73. The van der Waals surface area contributed by atoms with Gasteiger partial charge >= 0.3 is 0 Å². The van der Waals surface area contributed by atoms with Crippen LogP contribution < -0.4 is 20.1 Å². The Bertz CT molecular complexity index is 1590. The SMILES string of the molecule is COc1ccccc1Oc1ccc(Nc2c(C#N)cnn3cc(NC(=O)c4csnn4)c(C)c23)cc1. The number of hydrogen-bond donors (Lipinski definition) is 2. The number of nitrogens with zero attached hydrogens (tertiary/aromatic N) is 5. The first-order chi connectivity index (χ1) is 17.6. The molecule has 11 heteroatoms. The predicted molar refractivity (Wildman–Crippen MR) is 135 cm³/mol. The molecular formula is C25H19N7O3S. The van der Waals surface area contributed by atoms with E-state index in [1.165, 1.54) is 6.20 Å². The minimum absolute atomic E-state index is 0.231. The average molecular weight is 498 g/mol. The number of methoxy groups -OCH3 is 1. The average Bonchev–Trinajstić information content (AvgIpc) is 3.55. The van der Waals surface area contributed by atoms with Gasteiger partial charge in [0.1, 0.15) is 11.8 Å². The monoisotopic (exact) mass is 497 g/mol. The van der Waals surface area contributed by atoms with Crippen LogP contribution in [0.4, 0.5) is 17.1 Å². The summed E-state index contributed by atoms with van der Waals surface area (Å²) in [4.78, 5) is 12.5. The fraction of sp³-hybridized carbons (Fsp3) is 0.0800. The van der Waals surface area contributed by atoms with Crippen molar-refractivity contribution in [3.8, 4) is 23.3 Å². The summed E-state index contributed by atoms with van der Waals surface area (Å²) in [6, 6.07) is 16.9. The summed E-state index contributed by atoms with van der Waals surface area (Å²) in [7, 11) is 1.59. The van der Waals surface area contributed by atoms with Crippen molar-refractivity contribution in [1.29, 1.82) is 5.26 Å². The largest absolute Gasteiger partial charge is 0.493 e. The molecule has 5 rings (SSSR count). The molecule has 0 aliphatic heterocycles. The lowest BCUT2D eigenvalue weighted by molar-refractivity contribution is 0.102. The number of amides is 1. The number of benzene rings is 2. The van der Waals surface area contributed by atoms with E-state index in [0.29, 0.717) is 39.7 Å². The number of aromatic nitrogens is 4. The Hall–Kier alpha value is -4.95. The van der Waals surface area contributed by atoms with Gasteiger partial charge in [0.25, 0.3) is 5.91 Å². The number of para-hydroxylation sites is 2. The molecule has 0 saturated heterocycles. The second-order valence-electron chi connectivity index (χ2n) is 7.65. The molecule has 3 aromatic heterocycles. The molecule has 0 aliphatic rings. The van der Waals surface area contributed by atoms with E-state index in [1.807, 2.05) is 55.5 Å². The number of anilines is 3. The molecule has 0 bridgehead atoms. The van der Waals surface area contributed by atoms with E-state index in [9.17, 15) is 10.1 Å². The minimum atomic E-state index is -0.372. The molecule has 0 unspecified atom stereocenters. The number of nitriles is 1. The van der Waals surface area contributed by atoms with Crippen molar-refractivity contribution in [3.63, 3.8) is 0 Å². The topological polar surface area (TPSA) is 126 Å². The quantitative estimate of drug-likeness (QED) is 0.316. The standard InChI is InChI=1S/C25H19N7O3S/c1-15-19(29-25(33)20-14-36-31-30-20)13-32-24(15)23(16(11-26)12-27-32)28-17-7-9-18(10-8-17)35-22-6-4-3-5-21(22)34-2/h3-10,12-14,28H,1-2H3,(H,29,33). The van der Waals surface area contributed by atoms with Crippen LogP contribution in [-0.2, 0) is 0 Å². The molecule has 0 saturated carbocycles. The number of fused-ring (bicyclic) bond motifs is 1. The number of carbonyl (C=O) groups excluding carboxylic acids is 1. The van der Waals surface area contributed by atoms with Crippen LogP contribution in [0.2, 0.25) is 0 Å². The number of carbonyl (C=O) groups is 1.